The smallest absolute Gasteiger partial charge is 0.262 e. The van der Waals surface area contributed by atoms with Gasteiger partial charge in [-0.05, 0) is 23.3 Å². The van der Waals surface area contributed by atoms with Gasteiger partial charge in [-0.15, -0.1) is 0 Å². The number of anilines is 1. The Balaban J connectivity index is 1.57. The highest BCUT2D eigenvalue weighted by atomic mass is 32.2. The van der Waals surface area contributed by atoms with Gasteiger partial charge in [-0.1, -0.05) is 48.2 Å². The van der Waals surface area contributed by atoms with Gasteiger partial charge < -0.3 is 15.5 Å². The third-order valence-corrected chi connectivity index (χ3v) is 5.85. The summed E-state index contributed by atoms with van der Waals surface area (Å²) in [6.45, 7) is 0.0656. The Kier molecular flexibility index (Phi) is 3.60. The first-order valence-electron chi connectivity index (χ1n) is 8.36. The molecule has 0 fully saturated rings. The molecule has 0 saturated carbocycles. The Morgan fingerprint density at radius 1 is 1.15 bits per heavy atom. The van der Waals surface area contributed by atoms with Crippen LogP contribution < -0.4 is 15.5 Å². The largest absolute Gasteiger partial charge is 0.482 e. The molecule has 6 nitrogen and oxygen atoms in total. The van der Waals surface area contributed by atoms with Gasteiger partial charge in [0.15, 0.2) is 11.8 Å². The van der Waals surface area contributed by atoms with Gasteiger partial charge in [0, 0.05) is 12.4 Å². The number of nitrogens with one attached hydrogen (secondary N) is 2. The van der Waals surface area contributed by atoms with E-state index in [1.54, 1.807) is 18.0 Å². The summed E-state index contributed by atoms with van der Waals surface area (Å²) in [4.78, 5) is 16.1. The van der Waals surface area contributed by atoms with E-state index in [0.717, 1.165) is 16.4 Å². The summed E-state index contributed by atoms with van der Waals surface area (Å²) in [5.41, 5.74) is 6.57. The fraction of sp³-hybridized carbons (Fsp3) is 0.158. The van der Waals surface area contributed by atoms with E-state index in [9.17, 15) is 4.79 Å². The Hall–Kier alpha value is -2.93. The van der Waals surface area contributed by atoms with Gasteiger partial charge in [0.2, 0.25) is 0 Å². The average molecular weight is 364 g/mol. The molecule has 0 bridgehead atoms. The lowest BCUT2D eigenvalue weighted by atomic mass is 9.98. The number of aromatic nitrogens is 2. The van der Waals surface area contributed by atoms with Crippen molar-refractivity contribution in [1.29, 1.82) is 0 Å². The zero-order valence-electron chi connectivity index (χ0n) is 13.8. The van der Waals surface area contributed by atoms with Crippen LogP contribution in [0.3, 0.4) is 0 Å². The molecule has 2 aromatic carbocycles. The van der Waals surface area contributed by atoms with Crippen molar-refractivity contribution in [3.63, 3.8) is 0 Å². The number of hydrogen-bond donors (Lipinski definition) is 2. The summed E-state index contributed by atoms with van der Waals surface area (Å²) >= 11 is 1.71. The second-order valence-electron chi connectivity index (χ2n) is 6.23. The van der Waals surface area contributed by atoms with E-state index in [-0.39, 0.29) is 23.8 Å². The first kappa shape index (κ1) is 15.3. The number of hydrogen-bond acceptors (Lipinski definition) is 5. The monoisotopic (exact) mass is 364 g/mol. The van der Waals surface area contributed by atoms with Gasteiger partial charge in [-0.2, -0.15) is 0 Å². The number of carbonyl (C=O) groups excluding carboxylic acids is 1. The second kappa shape index (κ2) is 6.10. The molecule has 3 heterocycles. The highest BCUT2D eigenvalue weighted by Crippen LogP contribution is 2.48. The van der Waals surface area contributed by atoms with Crippen molar-refractivity contribution in [2.24, 2.45) is 0 Å². The van der Waals surface area contributed by atoms with Crippen molar-refractivity contribution in [3.05, 3.63) is 72.1 Å². The molecule has 2 atom stereocenters. The maximum atomic E-state index is 11.7. The Morgan fingerprint density at radius 3 is 2.92 bits per heavy atom. The van der Waals surface area contributed by atoms with Crippen molar-refractivity contribution in [2.75, 3.05) is 17.3 Å². The predicted octanol–water partition coefficient (Wildman–Crippen LogP) is 3.35. The van der Waals surface area contributed by atoms with Crippen LogP contribution in [0.5, 0.6) is 5.75 Å². The molecular weight excluding hydrogens is 348 g/mol. The minimum Gasteiger partial charge on any atom is -0.482 e. The van der Waals surface area contributed by atoms with Gasteiger partial charge in [-0.25, -0.2) is 9.66 Å². The molecule has 1 amide bonds. The minimum absolute atomic E-state index is 0.0656. The lowest BCUT2D eigenvalue weighted by Crippen LogP contribution is -2.30. The van der Waals surface area contributed by atoms with Gasteiger partial charge in [0.1, 0.15) is 5.75 Å². The maximum Gasteiger partial charge on any atom is 0.262 e. The predicted molar refractivity (Wildman–Crippen MR) is 99.9 cm³/mol. The topological polar surface area (TPSA) is 68.2 Å². The van der Waals surface area contributed by atoms with Gasteiger partial charge in [-0.3, -0.25) is 4.79 Å². The van der Waals surface area contributed by atoms with Crippen LogP contribution in [0.25, 0.3) is 0 Å². The SMILES string of the molecule is O=C1COc2ccc(C3Sc4nccn4NC3c3ccccc3)cc2N1. The molecule has 0 aliphatic carbocycles. The molecule has 0 spiro atoms. The zero-order valence-corrected chi connectivity index (χ0v) is 14.6. The quantitative estimate of drug-likeness (QED) is 0.730. The number of fused-ring (bicyclic) bond motifs is 2. The number of ether oxygens (including phenoxy) is 1. The van der Waals surface area contributed by atoms with Crippen LogP contribution in [0.15, 0.2) is 66.1 Å². The number of carbonyl (C=O) groups is 1. The Bertz CT molecular complexity index is 973. The number of thioether (sulfide) groups is 1. The van der Waals surface area contributed by atoms with Crippen LogP contribution in [-0.2, 0) is 4.79 Å². The molecular formula is C19H16N4O2S. The molecule has 1 aromatic heterocycles. The van der Waals surface area contributed by atoms with Crippen LogP contribution in [0.4, 0.5) is 5.69 Å². The van der Waals surface area contributed by atoms with Crippen molar-refractivity contribution >= 4 is 23.4 Å². The number of benzene rings is 2. The second-order valence-corrected chi connectivity index (χ2v) is 7.34. The van der Waals surface area contributed by atoms with Crippen LogP contribution in [-0.4, -0.2) is 22.2 Å². The number of imidazole rings is 1. The van der Waals surface area contributed by atoms with E-state index in [1.807, 2.05) is 41.2 Å². The van der Waals surface area contributed by atoms with Gasteiger partial charge >= 0.3 is 0 Å². The first-order valence-corrected chi connectivity index (χ1v) is 9.24. The highest BCUT2D eigenvalue weighted by Gasteiger charge is 2.33. The summed E-state index contributed by atoms with van der Waals surface area (Å²) in [5, 5.41) is 3.92. The number of nitrogens with zero attached hydrogens (tertiary/aromatic N) is 2. The van der Waals surface area contributed by atoms with E-state index in [0.29, 0.717) is 5.75 Å². The van der Waals surface area contributed by atoms with Gasteiger partial charge in [0.05, 0.1) is 17.0 Å². The highest BCUT2D eigenvalue weighted by molar-refractivity contribution is 7.99. The molecule has 0 radical (unpaired) electrons. The first-order chi connectivity index (χ1) is 12.8. The zero-order chi connectivity index (χ0) is 17.5. The Morgan fingerprint density at radius 2 is 2.04 bits per heavy atom. The summed E-state index contributed by atoms with van der Waals surface area (Å²) < 4.78 is 7.44. The molecule has 2 aliphatic heterocycles. The fourth-order valence-corrected chi connectivity index (χ4v) is 4.53. The maximum absolute atomic E-state index is 11.7. The number of rotatable bonds is 2. The standard InChI is InChI=1S/C19H16N4O2S/c24-16-11-25-15-7-6-13(10-14(15)21-16)18-17(12-4-2-1-3-5-12)22-23-9-8-20-19(23)26-18/h1-10,17-18,22H,11H2,(H,21,24). The van der Waals surface area contributed by atoms with Crippen LogP contribution in [0.2, 0.25) is 0 Å². The summed E-state index contributed by atoms with van der Waals surface area (Å²) in [6, 6.07) is 16.4. The van der Waals surface area contributed by atoms with Crippen LogP contribution in [0, 0.1) is 0 Å². The molecule has 3 aromatic rings. The van der Waals surface area contributed by atoms with E-state index in [4.69, 9.17) is 4.74 Å². The molecule has 5 rings (SSSR count). The third kappa shape index (κ3) is 2.61. The molecule has 2 N–H and O–H groups in total. The van der Waals surface area contributed by atoms with Crippen molar-refractivity contribution < 1.29 is 9.53 Å². The lowest BCUT2D eigenvalue weighted by molar-refractivity contribution is -0.118. The van der Waals surface area contributed by atoms with Crippen molar-refractivity contribution in [2.45, 2.75) is 16.4 Å². The normalized spacial score (nSPS) is 21.0. The number of amides is 1. The Labute approximate surface area is 154 Å². The third-order valence-electron chi connectivity index (χ3n) is 4.54. The molecule has 2 unspecified atom stereocenters. The fourth-order valence-electron chi connectivity index (χ4n) is 3.32. The van der Waals surface area contributed by atoms with Crippen LogP contribution >= 0.6 is 11.8 Å². The molecule has 26 heavy (non-hydrogen) atoms. The molecule has 130 valence electrons. The minimum atomic E-state index is -0.126. The van der Waals surface area contributed by atoms with E-state index in [1.165, 1.54) is 5.56 Å². The van der Waals surface area contributed by atoms with E-state index in [2.05, 4.69) is 33.9 Å². The molecule has 2 aliphatic rings. The molecule has 0 saturated heterocycles. The van der Waals surface area contributed by atoms with Gasteiger partial charge in [0.25, 0.3) is 5.91 Å². The summed E-state index contributed by atoms with van der Waals surface area (Å²) in [6.07, 6.45) is 3.72. The van der Waals surface area contributed by atoms with Crippen LogP contribution in [0.1, 0.15) is 22.4 Å². The average Bonchev–Trinajstić information content (AvgIpc) is 3.14. The lowest BCUT2D eigenvalue weighted by Gasteiger charge is -2.34. The summed E-state index contributed by atoms with van der Waals surface area (Å²) in [5.74, 6) is 0.583. The molecule has 7 heteroatoms. The van der Waals surface area contributed by atoms with Crippen molar-refractivity contribution in [3.8, 4) is 5.75 Å². The summed E-state index contributed by atoms with van der Waals surface area (Å²) in [7, 11) is 0. The van der Waals surface area contributed by atoms with Crippen molar-refractivity contribution in [1.82, 2.24) is 9.66 Å². The van der Waals surface area contributed by atoms with E-state index >= 15 is 0 Å². The van der Waals surface area contributed by atoms with E-state index < -0.39 is 0 Å².